The van der Waals surface area contributed by atoms with Crippen molar-refractivity contribution in [2.45, 2.75) is 17.7 Å². The van der Waals surface area contributed by atoms with Crippen molar-refractivity contribution in [1.29, 1.82) is 0 Å². The fraction of sp³-hybridized carbons (Fsp3) is 0.333. The van der Waals surface area contributed by atoms with Crippen molar-refractivity contribution in [3.63, 3.8) is 0 Å². The van der Waals surface area contributed by atoms with Gasteiger partial charge in [0.15, 0.2) is 0 Å². The number of benzene rings is 1. The molecular weight excluding hydrogens is 321 g/mol. The van der Waals surface area contributed by atoms with Crippen molar-refractivity contribution >= 4 is 40.7 Å². The van der Waals surface area contributed by atoms with Gasteiger partial charge in [-0.2, -0.15) is 0 Å². The number of nitrogens with one attached hydrogen (secondary N) is 2. The second kappa shape index (κ2) is 5.16. The summed E-state index contributed by atoms with van der Waals surface area (Å²) in [5, 5.41) is 10.6. The number of hydrogen-bond acceptors (Lipinski definition) is 4. The van der Waals surface area contributed by atoms with Gasteiger partial charge < -0.3 is 0 Å². The highest BCUT2D eigenvalue weighted by Crippen LogP contribution is 2.63. The minimum Gasteiger partial charge on any atom is -0.273 e. The molecule has 1 aromatic rings. The van der Waals surface area contributed by atoms with Crippen molar-refractivity contribution < 1.29 is 14.5 Å². The number of hydrazine groups is 1. The Morgan fingerprint density at radius 2 is 1.95 bits per heavy atom. The second-order valence-electron chi connectivity index (χ2n) is 4.93. The van der Waals surface area contributed by atoms with E-state index >= 15 is 0 Å². The van der Waals surface area contributed by atoms with Crippen LogP contribution in [0.15, 0.2) is 24.3 Å². The highest BCUT2D eigenvalue weighted by Gasteiger charge is 2.68. The Bertz CT molecular complexity index is 635. The number of nitro benzene ring substituents is 1. The standard InChI is InChI=1S/C12H11Cl2N3O4/c1-11(6-12(11,13)14)10(19)16-15-9(18)7-3-2-4-8(5-7)17(20)21/h2-5H,6H2,1H3,(H,15,18)(H,16,19). The molecule has 112 valence electrons. The Kier molecular flexibility index (Phi) is 3.81. The van der Waals surface area contributed by atoms with Gasteiger partial charge >= 0.3 is 0 Å². The first-order chi connectivity index (χ1) is 9.67. The minimum absolute atomic E-state index is 0.0495. The van der Waals surface area contributed by atoms with Gasteiger partial charge in [0.25, 0.3) is 11.6 Å². The normalized spacial score (nSPS) is 22.2. The van der Waals surface area contributed by atoms with E-state index in [-0.39, 0.29) is 17.7 Å². The lowest BCUT2D eigenvalue weighted by molar-refractivity contribution is -0.384. The van der Waals surface area contributed by atoms with Crippen LogP contribution in [-0.2, 0) is 4.79 Å². The topological polar surface area (TPSA) is 101 Å². The summed E-state index contributed by atoms with van der Waals surface area (Å²) >= 11 is 11.7. The zero-order chi connectivity index (χ0) is 15.8. The number of carbonyl (C=O) groups excluding carboxylic acids is 2. The van der Waals surface area contributed by atoms with Gasteiger partial charge in [0.2, 0.25) is 5.91 Å². The summed E-state index contributed by atoms with van der Waals surface area (Å²) in [7, 11) is 0. The highest BCUT2D eigenvalue weighted by molar-refractivity contribution is 6.53. The molecule has 0 spiro atoms. The highest BCUT2D eigenvalue weighted by atomic mass is 35.5. The molecule has 0 heterocycles. The molecule has 1 unspecified atom stereocenters. The number of nitrogens with zero attached hydrogens (tertiary/aromatic N) is 1. The second-order valence-corrected chi connectivity index (χ2v) is 6.41. The van der Waals surface area contributed by atoms with Crippen molar-refractivity contribution in [2.75, 3.05) is 0 Å². The maximum absolute atomic E-state index is 11.9. The summed E-state index contributed by atoms with van der Waals surface area (Å²) in [5.41, 5.74) is 3.25. The maximum Gasteiger partial charge on any atom is 0.270 e. The Balaban J connectivity index is 1.98. The number of nitro groups is 1. The van der Waals surface area contributed by atoms with Crippen molar-refractivity contribution in [3.8, 4) is 0 Å². The molecule has 2 amide bonds. The van der Waals surface area contributed by atoms with Gasteiger partial charge in [0.05, 0.1) is 10.3 Å². The zero-order valence-corrected chi connectivity index (χ0v) is 12.4. The molecule has 1 saturated carbocycles. The number of halogens is 2. The van der Waals surface area contributed by atoms with Crippen LogP contribution >= 0.6 is 23.2 Å². The smallest absolute Gasteiger partial charge is 0.270 e. The monoisotopic (exact) mass is 331 g/mol. The number of alkyl halides is 2. The molecular formula is C12H11Cl2N3O4. The summed E-state index contributed by atoms with van der Waals surface area (Å²) in [6.45, 7) is 1.57. The summed E-state index contributed by atoms with van der Waals surface area (Å²) in [6, 6.07) is 5.13. The van der Waals surface area contributed by atoms with Gasteiger partial charge in [0.1, 0.15) is 4.33 Å². The molecule has 0 radical (unpaired) electrons. The van der Waals surface area contributed by atoms with Crippen LogP contribution in [0.3, 0.4) is 0 Å². The molecule has 1 aromatic carbocycles. The minimum atomic E-state index is -1.15. The van der Waals surface area contributed by atoms with Crippen LogP contribution in [0.5, 0.6) is 0 Å². The number of non-ortho nitro benzene ring substituents is 1. The van der Waals surface area contributed by atoms with E-state index in [1.807, 2.05) is 0 Å². The molecule has 0 saturated heterocycles. The molecule has 1 aliphatic rings. The van der Waals surface area contributed by atoms with E-state index in [2.05, 4.69) is 10.9 Å². The summed E-state index contributed by atoms with van der Waals surface area (Å²) in [4.78, 5) is 33.7. The molecule has 0 aliphatic heterocycles. The average Bonchev–Trinajstić information content (AvgIpc) is 2.96. The predicted molar refractivity (Wildman–Crippen MR) is 75.9 cm³/mol. The van der Waals surface area contributed by atoms with Crippen LogP contribution < -0.4 is 10.9 Å². The number of rotatable bonds is 3. The van der Waals surface area contributed by atoms with Crippen molar-refractivity contribution in [2.24, 2.45) is 5.41 Å². The van der Waals surface area contributed by atoms with Gasteiger partial charge in [-0.3, -0.25) is 30.6 Å². The lowest BCUT2D eigenvalue weighted by Gasteiger charge is -2.13. The molecule has 2 N–H and O–H groups in total. The van der Waals surface area contributed by atoms with Gasteiger partial charge in [-0.15, -0.1) is 23.2 Å². The van der Waals surface area contributed by atoms with E-state index in [9.17, 15) is 19.7 Å². The van der Waals surface area contributed by atoms with E-state index < -0.39 is 26.5 Å². The predicted octanol–water partition coefficient (Wildman–Crippen LogP) is 1.94. The van der Waals surface area contributed by atoms with Crippen LogP contribution in [0, 0.1) is 15.5 Å². The van der Waals surface area contributed by atoms with E-state index in [1.165, 1.54) is 18.2 Å². The number of hydrogen-bond donors (Lipinski definition) is 2. The fourth-order valence-electron chi connectivity index (χ4n) is 1.73. The molecule has 1 fully saturated rings. The number of amides is 2. The maximum atomic E-state index is 11.9. The largest absolute Gasteiger partial charge is 0.273 e. The molecule has 2 rings (SSSR count). The molecule has 0 aromatic heterocycles. The zero-order valence-electron chi connectivity index (χ0n) is 10.9. The van der Waals surface area contributed by atoms with Crippen LogP contribution in [0.1, 0.15) is 23.7 Å². The molecule has 7 nitrogen and oxygen atoms in total. The van der Waals surface area contributed by atoms with E-state index in [4.69, 9.17) is 23.2 Å². The van der Waals surface area contributed by atoms with Crippen molar-refractivity contribution in [3.05, 3.63) is 39.9 Å². The Morgan fingerprint density at radius 3 is 2.48 bits per heavy atom. The molecule has 21 heavy (non-hydrogen) atoms. The van der Waals surface area contributed by atoms with Crippen molar-refractivity contribution in [1.82, 2.24) is 10.9 Å². The van der Waals surface area contributed by atoms with Gasteiger partial charge in [0, 0.05) is 17.7 Å². The Hall–Kier alpha value is -1.86. The molecule has 9 heteroatoms. The lowest BCUT2D eigenvalue weighted by atomic mass is 10.1. The van der Waals surface area contributed by atoms with E-state index in [0.29, 0.717) is 0 Å². The van der Waals surface area contributed by atoms with Gasteiger partial charge in [-0.25, -0.2) is 0 Å². The number of carbonyl (C=O) groups is 2. The molecule has 0 bridgehead atoms. The average molecular weight is 332 g/mol. The summed E-state index contributed by atoms with van der Waals surface area (Å²) in [5.74, 6) is -1.20. The third-order valence-corrected chi connectivity index (χ3v) is 4.47. The first-order valence-corrected chi connectivity index (χ1v) is 6.66. The molecule has 1 aliphatic carbocycles. The van der Waals surface area contributed by atoms with E-state index in [0.717, 1.165) is 6.07 Å². The van der Waals surface area contributed by atoms with Crippen LogP contribution in [-0.4, -0.2) is 21.1 Å². The van der Waals surface area contributed by atoms with Crippen LogP contribution in [0.25, 0.3) is 0 Å². The first-order valence-electron chi connectivity index (χ1n) is 5.90. The molecule has 1 atom stereocenters. The van der Waals surface area contributed by atoms with E-state index in [1.54, 1.807) is 6.92 Å². The van der Waals surface area contributed by atoms with Crippen LogP contribution in [0.4, 0.5) is 5.69 Å². The third-order valence-electron chi connectivity index (χ3n) is 3.37. The summed E-state index contributed by atoms with van der Waals surface area (Å²) in [6.07, 6.45) is 0.279. The quantitative estimate of drug-likeness (QED) is 0.502. The third kappa shape index (κ3) is 2.93. The SMILES string of the molecule is CC1(C(=O)NNC(=O)c2cccc([N+](=O)[O-])c2)CC1(Cl)Cl. The lowest BCUT2D eigenvalue weighted by Crippen LogP contribution is -2.45. The first kappa shape index (κ1) is 15.5. The Morgan fingerprint density at radius 1 is 1.33 bits per heavy atom. The van der Waals surface area contributed by atoms with Gasteiger partial charge in [-0.1, -0.05) is 6.07 Å². The van der Waals surface area contributed by atoms with Crippen LogP contribution in [0.2, 0.25) is 0 Å². The van der Waals surface area contributed by atoms with Gasteiger partial charge in [-0.05, 0) is 19.4 Å². The fourth-order valence-corrected chi connectivity index (χ4v) is 2.44. The Labute approximate surface area is 129 Å². The summed E-state index contributed by atoms with van der Waals surface area (Å²) < 4.78 is -1.15.